The fourth-order valence-corrected chi connectivity index (χ4v) is 2.25. The monoisotopic (exact) mass is 386 g/mol. The van der Waals surface area contributed by atoms with E-state index in [2.05, 4.69) is 10.6 Å². The van der Waals surface area contributed by atoms with Gasteiger partial charge in [0, 0.05) is 24.5 Å². The maximum atomic E-state index is 12.1. The van der Waals surface area contributed by atoms with Crippen molar-refractivity contribution in [3.63, 3.8) is 0 Å². The predicted molar refractivity (Wildman–Crippen MR) is 100 cm³/mol. The Balaban J connectivity index is 2.02. The van der Waals surface area contributed by atoms with Crippen molar-refractivity contribution >= 4 is 28.9 Å². The van der Waals surface area contributed by atoms with E-state index < -0.39 is 10.8 Å². The summed E-state index contributed by atoms with van der Waals surface area (Å²) in [6, 6.07) is 12.9. The third-order valence-electron chi connectivity index (χ3n) is 3.50. The molecule has 8 nitrogen and oxygen atoms in total. The lowest BCUT2D eigenvalue weighted by atomic mass is 10.2. The van der Waals surface area contributed by atoms with E-state index in [1.807, 2.05) is 0 Å². The van der Waals surface area contributed by atoms with Gasteiger partial charge in [-0.15, -0.1) is 0 Å². The Bertz CT molecular complexity index is 920. The van der Waals surface area contributed by atoms with Gasteiger partial charge in [0.1, 0.15) is 22.4 Å². The fraction of sp³-hybridized carbons (Fsp3) is 0.111. The van der Waals surface area contributed by atoms with Gasteiger partial charge in [0.2, 0.25) is 0 Å². The highest BCUT2D eigenvalue weighted by Crippen LogP contribution is 2.27. The minimum absolute atomic E-state index is 0.00716. The van der Waals surface area contributed by atoms with Crippen LogP contribution in [0.5, 0.6) is 5.75 Å². The number of benzene rings is 2. The zero-order valence-electron chi connectivity index (χ0n) is 14.2. The van der Waals surface area contributed by atoms with E-state index in [9.17, 15) is 14.9 Å². The average molecular weight is 387 g/mol. The number of methoxy groups -OCH3 is 1. The first-order valence-corrected chi connectivity index (χ1v) is 8.04. The molecule has 1 amide bonds. The van der Waals surface area contributed by atoms with Crippen molar-refractivity contribution < 1.29 is 14.5 Å². The third-order valence-corrected chi connectivity index (χ3v) is 3.82. The molecule has 0 fully saturated rings. The van der Waals surface area contributed by atoms with Gasteiger partial charge in [-0.2, -0.15) is 5.26 Å². The van der Waals surface area contributed by atoms with Crippen LogP contribution in [0.2, 0.25) is 5.02 Å². The fourth-order valence-electron chi connectivity index (χ4n) is 2.07. The largest absolute Gasteiger partial charge is 0.497 e. The predicted octanol–water partition coefficient (Wildman–Crippen LogP) is 3.39. The molecule has 0 unspecified atom stereocenters. The van der Waals surface area contributed by atoms with E-state index in [1.165, 1.54) is 24.4 Å². The molecular formula is C18H15ClN4O4. The highest BCUT2D eigenvalue weighted by Gasteiger charge is 2.13. The number of halogens is 1. The maximum Gasteiger partial charge on any atom is 0.289 e. The number of nitro groups is 1. The topological polar surface area (TPSA) is 117 Å². The number of anilines is 1. The summed E-state index contributed by atoms with van der Waals surface area (Å²) < 4.78 is 5.06. The molecule has 0 bridgehead atoms. The van der Waals surface area contributed by atoms with Gasteiger partial charge in [-0.3, -0.25) is 14.9 Å². The van der Waals surface area contributed by atoms with Gasteiger partial charge in [0.05, 0.1) is 12.0 Å². The molecule has 0 aromatic heterocycles. The Morgan fingerprint density at radius 1 is 1.33 bits per heavy atom. The summed E-state index contributed by atoms with van der Waals surface area (Å²) in [6.07, 6.45) is 1.18. The number of hydrogen-bond donors (Lipinski definition) is 2. The van der Waals surface area contributed by atoms with Crippen molar-refractivity contribution in [1.82, 2.24) is 5.32 Å². The SMILES string of the molecule is COc1ccc(CNC(=O)/C(C#N)=C\Nc2ccc(Cl)c([N+](=O)[O-])c2)cc1. The summed E-state index contributed by atoms with van der Waals surface area (Å²) in [7, 11) is 1.56. The molecule has 0 saturated heterocycles. The maximum absolute atomic E-state index is 12.1. The summed E-state index contributed by atoms with van der Waals surface area (Å²) in [5.41, 5.74) is 0.697. The van der Waals surface area contributed by atoms with Gasteiger partial charge < -0.3 is 15.4 Å². The second-order valence-electron chi connectivity index (χ2n) is 5.27. The molecule has 0 atom stereocenters. The molecule has 2 aromatic carbocycles. The smallest absolute Gasteiger partial charge is 0.289 e. The zero-order chi connectivity index (χ0) is 19.8. The molecule has 2 N–H and O–H groups in total. The number of ether oxygens (including phenoxy) is 1. The Labute approximate surface area is 160 Å². The molecule has 9 heteroatoms. The van der Waals surface area contributed by atoms with E-state index in [1.54, 1.807) is 37.4 Å². The summed E-state index contributed by atoms with van der Waals surface area (Å²) >= 11 is 5.74. The van der Waals surface area contributed by atoms with Gasteiger partial charge in [-0.25, -0.2) is 0 Å². The van der Waals surface area contributed by atoms with Crippen molar-refractivity contribution in [2.75, 3.05) is 12.4 Å². The Hall–Kier alpha value is -3.57. The first-order chi connectivity index (χ1) is 12.9. The summed E-state index contributed by atoms with van der Waals surface area (Å²) in [6.45, 7) is 0.230. The van der Waals surface area contributed by atoms with Crippen LogP contribution in [0.25, 0.3) is 0 Å². The lowest BCUT2D eigenvalue weighted by molar-refractivity contribution is -0.384. The van der Waals surface area contributed by atoms with Gasteiger partial charge in [0.25, 0.3) is 11.6 Å². The van der Waals surface area contributed by atoms with Crippen LogP contribution in [0.1, 0.15) is 5.56 Å². The molecule has 0 aliphatic rings. The number of rotatable bonds is 7. The second kappa shape index (κ2) is 9.22. The van der Waals surface area contributed by atoms with Crippen LogP contribution in [-0.4, -0.2) is 17.9 Å². The Kier molecular flexibility index (Phi) is 6.74. The van der Waals surface area contributed by atoms with Crippen LogP contribution < -0.4 is 15.4 Å². The van der Waals surface area contributed by atoms with Crippen molar-refractivity contribution in [2.45, 2.75) is 6.54 Å². The van der Waals surface area contributed by atoms with Crippen molar-refractivity contribution in [3.05, 3.63) is 74.9 Å². The summed E-state index contributed by atoms with van der Waals surface area (Å²) in [5.74, 6) is 0.119. The number of carbonyl (C=O) groups is 1. The first kappa shape index (κ1) is 19.8. The van der Waals surface area contributed by atoms with E-state index in [0.717, 1.165) is 5.56 Å². The molecule has 0 spiro atoms. The number of amides is 1. The number of nitro benzene ring substituents is 1. The molecular weight excluding hydrogens is 372 g/mol. The van der Waals surface area contributed by atoms with Crippen molar-refractivity contribution in [1.29, 1.82) is 5.26 Å². The zero-order valence-corrected chi connectivity index (χ0v) is 15.0. The van der Waals surface area contributed by atoms with Crippen molar-refractivity contribution in [2.24, 2.45) is 0 Å². The van der Waals surface area contributed by atoms with E-state index >= 15 is 0 Å². The van der Waals surface area contributed by atoms with E-state index in [-0.39, 0.29) is 22.8 Å². The summed E-state index contributed by atoms with van der Waals surface area (Å²) in [4.78, 5) is 22.4. The molecule has 27 heavy (non-hydrogen) atoms. The minimum atomic E-state index is -0.621. The molecule has 0 saturated carbocycles. The lowest BCUT2D eigenvalue weighted by Gasteiger charge is -2.06. The van der Waals surface area contributed by atoms with Gasteiger partial charge in [-0.1, -0.05) is 23.7 Å². The summed E-state index contributed by atoms with van der Waals surface area (Å²) in [5, 5.41) is 25.4. The van der Waals surface area contributed by atoms with Crippen LogP contribution in [0.4, 0.5) is 11.4 Å². The first-order valence-electron chi connectivity index (χ1n) is 7.66. The van der Waals surface area contributed by atoms with Crippen LogP contribution in [0, 0.1) is 21.4 Å². The number of nitrogens with one attached hydrogen (secondary N) is 2. The van der Waals surface area contributed by atoms with Gasteiger partial charge in [-0.05, 0) is 29.8 Å². The third kappa shape index (κ3) is 5.45. The van der Waals surface area contributed by atoms with E-state index in [0.29, 0.717) is 11.4 Å². The average Bonchev–Trinajstić information content (AvgIpc) is 2.68. The van der Waals surface area contributed by atoms with Gasteiger partial charge in [0.15, 0.2) is 0 Å². The van der Waals surface area contributed by atoms with Crippen LogP contribution >= 0.6 is 11.6 Å². The molecule has 0 aliphatic heterocycles. The number of nitriles is 1. The normalized spacial score (nSPS) is 10.6. The molecule has 138 valence electrons. The van der Waals surface area contributed by atoms with Crippen LogP contribution in [-0.2, 0) is 11.3 Å². The quantitative estimate of drug-likeness (QED) is 0.326. The van der Waals surface area contributed by atoms with Gasteiger partial charge >= 0.3 is 0 Å². The highest BCUT2D eigenvalue weighted by molar-refractivity contribution is 6.32. The number of carbonyl (C=O) groups excluding carboxylic acids is 1. The van der Waals surface area contributed by atoms with Crippen LogP contribution in [0.15, 0.2) is 54.2 Å². The molecule has 0 aliphatic carbocycles. The lowest BCUT2D eigenvalue weighted by Crippen LogP contribution is -2.24. The Morgan fingerprint density at radius 2 is 2.04 bits per heavy atom. The standard InChI is InChI=1S/C18H15ClN4O4/c1-27-15-5-2-12(3-6-15)10-22-18(24)13(9-20)11-21-14-4-7-16(19)17(8-14)23(25)26/h2-8,11,21H,10H2,1H3,(H,22,24)/b13-11-. The van der Waals surface area contributed by atoms with E-state index in [4.69, 9.17) is 21.6 Å². The molecule has 0 radical (unpaired) electrons. The molecule has 0 heterocycles. The van der Waals surface area contributed by atoms with Crippen molar-refractivity contribution in [3.8, 4) is 11.8 Å². The number of nitrogens with zero attached hydrogens (tertiary/aromatic N) is 2. The highest BCUT2D eigenvalue weighted by atomic mass is 35.5. The molecule has 2 aromatic rings. The molecule has 2 rings (SSSR count). The Morgan fingerprint density at radius 3 is 2.63 bits per heavy atom. The van der Waals surface area contributed by atoms with Crippen LogP contribution in [0.3, 0.4) is 0 Å². The number of hydrogen-bond acceptors (Lipinski definition) is 6. The minimum Gasteiger partial charge on any atom is -0.497 e. The second-order valence-corrected chi connectivity index (χ2v) is 5.68.